The molecule has 228 valence electrons. The molecule has 0 N–H and O–H groups in total. The van der Waals surface area contributed by atoms with E-state index in [0.29, 0.717) is 35.0 Å². The highest BCUT2D eigenvalue weighted by Crippen LogP contribution is 2.71. The minimum atomic E-state index is -0.413. The van der Waals surface area contributed by atoms with Crippen LogP contribution in [0.4, 0.5) is 22.7 Å². The molecule has 3 heterocycles. The van der Waals surface area contributed by atoms with Gasteiger partial charge in [0.05, 0.1) is 42.3 Å². The summed E-state index contributed by atoms with van der Waals surface area (Å²) in [6, 6.07) is 24.6. The van der Waals surface area contributed by atoms with E-state index in [2.05, 4.69) is 51.6 Å². The monoisotopic (exact) mass is 593 g/mol. The fourth-order valence-corrected chi connectivity index (χ4v) is 10.1. The Bertz CT molecular complexity index is 1550. The Morgan fingerprint density at radius 1 is 0.818 bits per heavy atom. The first-order chi connectivity index (χ1) is 21.6. The van der Waals surface area contributed by atoms with E-state index in [1.165, 1.54) is 81.0 Å². The first kappa shape index (κ1) is 27.9. The summed E-state index contributed by atoms with van der Waals surface area (Å²) in [6.07, 6.45) is 12.8. The SMILES string of the molecule is COC1CCC2(CC1)C1(CCCCC1)[N+]21CCN(c2ccc(-c3ccc([N+]4(OC=O)N=Nc5ccccc54)cc3)cc2)CC1. The van der Waals surface area contributed by atoms with Gasteiger partial charge in [-0.2, -0.15) is 0 Å². The largest absolute Gasteiger partial charge is 0.381 e. The van der Waals surface area contributed by atoms with E-state index in [9.17, 15) is 4.79 Å². The number of carbonyl (C=O) groups excluding carboxylic acids is 1. The molecule has 8 heteroatoms. The zero-order valence-corrected chi connectivity index (χ0v) is 25.7. The van der Waals surface area contributed by atoms with Crippen LogP contribution < -0.4 is 9.66 Å². The standard InChI is InChI=1S/C36H43N5O3/c1-43-32-17-21-36(22-18-32)35(19-5-2-6-20-35)40(36)25-23-39(24-26-40)30-13-9-28(10-14-30)29-11-15-31(16-12-29)41(44-27-42)34-8-4-3-7-33(34)37-38-41/h3-4,7-16,27,32H,2,5-6,17-26H2,1H3/q+2. The Morgan fingerprint density at radius 2 is 1.45 bits per heavy atom. The number of fused-ring (bicyclic) bond motifs is 4. The molecular weight excluding hydrogens is 550 g/mol. The van der Waals surface area contributed by atoms with Gasteiger partial charge in [0.2, 0.25) is 11.4 Å². The second-order valence-corrected chi connectivity index (χ2v) is 13.5. The van der Waals surface area contributed by atoms with E-state index < -0.39 is 4.76 Å². The second kappa shape index (κ2) is 10.5. The summed E-state index contributed by atoms with van der Waals surface area (Å²) >= 11 is 0. The van der Waals surface area contributed by atoms with Crippen molar-refractivity contribution in [2.24, 2.45) is 10.3 Å². The molecule has 1 atom stereocenters. The van der Waals surface area contributed by atoms with Crippen molar-refractivity contribution in [2.45, 2.75) is 75.0 Å². The van der Waals surface area contributed by atoms with Gasteiger partial charge in [-0.1, -0.05) is 35.8 Å². The number of anilines is 1. The zero-order chi connectivity index (χ0) is 29.8. The lowest BCUT2D eigenvalue weighted by atomic mass is 9.73. The molecular formula is C36H43N5O3+2. The Morgan fingerprint density at radius 3 is 2.11 bits per heavy atom. The number of piperazine rings is 1. The number of quaternary nitrogens is 2. The summed E-state index contributed by atoms with van der Waals surface area (Å²) < 4.78 is 6.78. The quantitative estimate of drug-likeness (QED) is 0.166. The molecule has 8 nitrogen and oxygen atoms in total. The van der Waals surface area contributed by atoms with Crippen LogP contribution in [0.3, 0.4) is 0 Å². The van der Waals surface area contributed by atoms with Crippen molar-refractivity contribution in [3.8, 4) is 11.1 Å². The van der Waals surface area contributed by atoms with Crippen LogP contribution in [0.5, 0.6) is 0 Å². The number of hydrogen-bond acceptors (Lipinski definition) is 6. The van der Waals surface area contributed by atoms with Crippen molar-refractivity contribution in [1.82, 2.24) is 4.76 Å². The summed E-state index contributed by atoms with van der Waals surface area (Å²) in [7, 11) is 1.90. The Labute approximate surface area is 260 Å². The van der Waals surface area contributed by atoms with Crippen LogP contribution in [0.15, 0.2) is 83.1 Å². The lowest BCUT2D eigenvalue weighted by Crippen LogP contribution is -2.54. The Balaban J connectivity index is 0.975. The molecule has 1 unspecified atom stereocenters. The van der Waals surface area contributed by atoms with Crippen molar-refractivity contribution in [3.63, 3.8) is 0 Å². The summed E-state index contributed by atoms with van der Waals surface area (Å²) in [5.74, 6) is 0. The predicted molar refractivity (Wildman–Crippen MR) is 171 cm³/mol. The van der Waals surface area contributed by atoms with Gasteiger partial charge in [0, 0.05) is 56.7 Å². The maximum Gasteiger partial charge on any atom is 0.360 e. The summed E-state index contributed by atoms with van der Waals surface area (Å²) in [5.41, 5.74) is 6.77. The van der Waals surface area contributed by atoms with Gasteiger partial charge in [-0.05, 0) is 67.1 Å². The second-order valence-electron chi connectivity index (χ2n) is 13.5. The van der Waals surface area contributed by atoms with Gasteiger partial charge in [0.25, 0.3) is 0 Å². The molecule has 0 amide bonds. The number of hydrogen-bond donors (Lipinski definition) is 0. The average molecular weight is 594 g/mol. The molecule has 2 aliphatic carbocycles. The van der Waals surface area contributed by atoms with Gasteiger partial charge in [-0.3, -0.25) is 0 Å². The van der Waals surface area contributed by atoms with Crippen LogP contribution in [0.2, 0.25) is 0 Å². The Kier molecular flexibility index (Phi) is 6.66. The van der Waals surface area contributed by atoms with Gasteiger partial charge in [0.1, 0.15) is 0 Å². The molecule has 3 spiro atoms. The Hall–Kier alpha value is -3.59. The molecule has 3 aromatic rings. The molecule has 4 fully saturated rings. The lowest BCUT2D eigenvalue weighted by molar-refractivity contribution is -0.858. The number of nitrogens with zero attached hydrogens (tertiary/aromatic N) is 5. The molecule has 2 saturated heterocycles. The molecule has 0 aromatic heterocycles. The minimum Gasteiger partial charge on any atom is -0.381 e. The topological polar surface area (TPSA) is 63.5 Å². The molecule has 2 saturated carbocycles. The molecule has 5 aliphatic rings. The lowest BCUT2D eigenvalue weighted by Gasteiger charge is -2.40. The number of para-hydroxylation sites is 1. The fourth-order valence-electron chi connectivity index (χ4n) is 10.1. The summed E-state index contributed by atoms with van der Waals surface area (Å²) in [6.45, 7) is 5.27. The van der Waals surface area contributed by atoms with E-state index in [4.69, 9.17) is 9.57 Å². The number of benzene rings is 3. The average Bonchev–Trinajstić information content (AvgIpc) is 3.32. The molecule has 0 bridgehead atoms. The third-order valence-corrected chi connectivity index (χ3v) is 12.2. The molecule has 8 rings (SSSR count). The third kappa shape index (κ3) is 3.83. The highest BCUT2D eigenvalue weighted by Gasteiger charge is 2.87. The van der Waals surface area contributed by atoms with Crippen LogP contribution in [0, 0.1) is 0 Å². The van der Waals surface area contributed by atoms with Gasteiger partial charge in [-0.25, -0.2) is 9.63 Å². The fraction of sp³-hybridized carbons (Fsp3) is 0.472. The maximum absolute atomic E-state index is 11.5. The van der Waals surface area contributed by atoms with Gasteiger partial charge in [0.15, 0.2) is 16.8 Å². The normalized spacial score (nSPS) is 29.6. The van der Waals surface area contributed by atoms with Crippen LogP contribution in [-0.2, 0) is 14.4 Å². The van der Waals surface area contributed by atoms with Crippen molar-refractivity contribution < 1.29 is 18.9 Å². The van der Waals surface area contributed by atoms with Crippen LogP contribution >= 0.6 is 0 Å². The molecule has 44 heavy (non-hydrogen) atoms. The van der Waals surface area contributed by atoms with Gasteiger partial charge >= 0.3 is 6.47 Å². The van der Waals surface area contributed by atoms with Gasteiger partial charge < -0.3 is 14.1 Å². The van der Waals surface area contributed by atoms with E-state index >= 15 is 0 Å². The first-order valence-electron chi connectivity index (χ1n) is 16.5. The third-order valence-electron chi connectivity index (χ3n) is 12.2. The molecule has 3 aliphatic heterocycles. The summed E-state index contributed by atoms with van der Waals surface area (Å²) in [5, 5.41) is 8.59. The molecule has 0 radical (unpaired) electrons. The maximum atomic E-state index is 11.5. The van der Waals surface area contributed by atoms with Crippen LogP contribution in [0.25, 0.3) is 11.1 Å². The summed E-state index contributed by atoms with van der Waals surface area (Å²) in [4.78, 5) is 19.6. The number of ether oxygens (including phenoxy) is 1. The van der Waals surface area contributed by atoms with Crippen molar-refractivity contribution in [3.05, 3.63) is 72.8 Å². The van der Waals surface area contributed by atoms with Crippen molar-refractivity contribution in [1.29, 1.82) is 0 Å². The van der Waals surface area contributed by atoms with Crippen LogP contribution in [-0.4, -0.2) is 61.4 Å². The first-order valence-corrected chi connectivity index (χ1v) is 16.5. The number of methoxy groups -OCH3 is 1. The predicted octanol–water partition coefficient (Wildman–Crippen LogP) is 7.77. The highest BCUT2D eigenvalue weighted by molar-refractivity contribution is 5.74. The molecule has 3 aromatic carbocycles. The minimum absolute atomic E-state index is 0.413. The van der Waals surface area contributed by atoms with E-state index in [0.717, 1.165) is 29.9 Å². The van der Waals surface area contributed by atoms with E-state index in [-0.39, 0.29) is 0 Å². The smallest absolute Gasteiger partial charge is 0.360 e. The van der Waals surface area contributed by atoms with E-state index in [1.807, 2.05) is 43.5 Å². The van der Waals surface area contributed by atoms with Crippen molar-refractivity contribution in [2.75, 3.05) is 38.2 Å². The highest BCUT2D eigenvalue weighted by atomic mass is 16.8. The van der Waals surface area contributed by atoms with E-state index in [1.54, 1.807) is 0 Å². The van der Waals surface area contributed by atoms with Crippen LogP contribution in [0.1, 0.15) is 57.8 Å². The number of rotatable bonds is 6. The van der Waals surface area contributed by atoms with Gasteiger partial charge in [-0.15, -0.1) is 0 Å². The van der Waals surface area contributed by atoms with Crippen molar-refractivity contribution >= 4 is 29.2 Å². The number of carbonyl (C=O) groups is 1. The zero-order valence-electron chi connectivity index (χ0n) is 25.7.